The molecule has 1 fully saturated rings. The molecule has 1 saturated heterocycles. The molecule has 0 bridgehead atoms. The molecule has 0 aromatic heterocycles. The maximum absolute atomic E-state index is 2.27. The molecular formula is C8H20N2. The van der Waals surface area contributed by atoms with Crippen molar-refractivity contribution in [1.82, 2.24) is 10.0 Å². The fourth-order valence-corrected chi connectivity index (χ4v) is 1.02. The van der Waals surface area contributed by atoms with E-state index in [4.69, 9.17) is 0 Å². The zero-order valence-electron chi connectivity index (χ0n) is 7.72. The number of hydrogen-bond acceptors (Lipinski definition) is 2. The maximum atomic E-state index is 2.27. The van der Waals surface area contributed by atoms with Gasteiger partial charge in [-0.25, -0.2) is 10.0 Å². The van der Waals surface area contributed by atoms with E-state index in [0.29, 0.717) is 0 Å². The lowest BCUT2D eigenvalue weighted by atomic mass is 10.2. The fourth-order valence-electron chi connectivity index (χ4n) is 1.02. The van der Waals surface area contributed by atoms with Crippen LogP contribution in [0, 0.1) is 0 Å². The van der Waals surface area contributed by atoms with Gasteiger partial charge in [-0.2, -0.15) is 0 Å². The third kappa shape index (κ3) is 3.18. The van der Waals surface area contributed by atoms with Gasteiger partial charge in [-0.1, -0.05) is 13.8 Å². The summed E-state index contributed by atoms with van der Waals surface area (Å²) < 4.78 is 0. The average Bonchev–Trinajstić information content (AvgIpc) is 2.00. The number of hydrazine groups is 1. The highest BCUT2D eigenvalue weighted by atomic mass is 15.6. The fraction of sp³-hybridized carbons (Fsp3) is 1.00. The molecular weight excluding hydrogens is 124 g/mol. The van der Waals surface area contributed by atoms with Crippen LogP contribution in [0.3, 0.4) is 0 Å². The van der Waals surface area contributed by atoms with Gasteiger partial charge < -0.3 is 0 Å². The van der Waals surface area contributed by atoms with Crippen molar-refractivity contribution in [2.24, 2.45) is 0 Å². The van der Waals surface area contributed by atoms with Crippen LogP contribution in [-0.4, -0.2) is 37.2 Å². The molecule has 0 aliphatic carbocycles. The third-order valence-electron chi connectivity index (χ3n) is 1.80. The Morgan fingerprint density at radius 1 is 0.800 bits per heavy atom. The van der Waals surface area contributed by atoms with Crippen LogP contribution in [0.25, 0.3) is 0 Å². The minimum absolute atomic E-state index is 1.23. The van der Waals surface area contributed by atoms with Gasteiger partial charge in [0.05, 0.1) is 0 Å². The minimum Gasteiger partial charge on any atom is -0.245 e. The van der Waals surface area contributed by atoms with Crippen molar-refractivity contribution >= 4 is 0 Å². The normalized spacial score (nSPS) is 21.6. The second-order valence-corrected chi connectivity index (χ2v) is 2.47. The van der Waals surface area contributed by atoms with Crippen LogP contribution in [0.1, 0.15) is 26.7 Å². The molecule has 2 heteroatoms. The van der Waals surface area contributed by atoms with E-state index in [9.17, 15) is 0 Å². The van der Waals surface area contributed by atoms with Gasteiger partial charge in [0.25, 0.3) is 0 Å². The van der Waals surface area contributed by atoms with E-state index in [1.54, 1.807) is 0 Å². The summed E-state index contributed by atoms with van der Waals surface area (Å²) in [6.45, 7) is 6.47. The number of nitrogens with zero attached hydrogens (tertiary/aromatic N) is 2. The zero-order valence-corrected chi connectivity index (χ0v) is 7.72. The van der Waals surface area contributed by atoms with Gasteiger partial charge >= 0.3 is 0 Å². The molecule has 1 aliphatic rings. The highest BCUT2D eigenvalue weighted by Gasteiger charge is 2.09. The van der Waals surface area contributed by atoms with Crippen LogP contribution >= 0.6 is 0 Å². The predicted octanol–water partition coefficient (Wildman–Crippen LogP) is 1.58. The largest absolute Gasteiger partial charge is 0.245 e. The summed E-state index contributed by atoms with van der Waals surface area (Å²) >= 11 is 0. The summed E-state index contributed by atoms with van der Waals surface area (Å²) in [6.07, 6.45) is 2.72. The molecule has 0 spiro atoms. The van der Waals surface area contributed by atoms with Crippen LogP contribution < -0.4 is 0 Å². The van der Waals surface area contributed by atoms with Gasteiger partial charge in [-0.05, 0) is 12.8 Å². The van der Waals surface area contributed by atoms with Crippen molar-refractivity contribution in [3.8, 4) is 0 Å². The Bertz CT molecular complexity index is 63.7. The molecule has 0 aromatic rings. The van der Waals surface area contributed by atoms with Crippen molar-refractivity contribution < 1.29 is 0 Å². The van der Waals surface area contributed by atoms with Gasteiger partial charge in [-0.15, -0.1) is 0 Å². The highest BCUT2D eigenvalue weighted by molar-refractivity contribution is 4.56. The van der Waals surface area contributed by atoms with E-state index in [1.165, 1.54) is 25.9 Å². The maximum Gasteiger partial charge on any atom is 0.0130 e. The lowest BCUT2D eigenvalue weighted by Crippen LogP contribution is -2.41. The van der Waals surface area contributed by atoms with Crippen LogP contribution in [0.15, 0.2) is 0 Å². The van der Waals surface area contributed by atoms with Gasteiger partial charge in [0.2, 0.25) is 0 Å². The third-order valence-corrected chi connectivity index (χ3v) is 1.80. The van der Waals surface area contributed by atoms with E-state index in [1.807, 2.05) is 13.8 Å². The monoisotopic (exact) mass is 144 g/mol. The Hall–Kier alpha value is -0.0800. The predicted molar refractivity (Wildman–Crippen MR) is 45.8 cm³/mol. The minimum atomic E-state index is 1.23. The summed E-state index contributed by atoms with van der Waals surface area (Å²) in [6, 6.07) is 0. The van der Waals surface area contributed by atoms with Crippen molar-refractivity contribution in [3.63, 3.8) is 0 Å². The molecule has 0 radical (unpaired) electrons. The van der Waals surface area contributed by atoms with Crippen molar-refractivity contribution in [2.45, 2.75) is 26.7 Å². The molecule has 62 valence electrons. The Morgan fingerprint density at radius 2 is 1.10 bits per heavy atom. The van der Waals surface area contributed by atoms with Gasteiger partial charge in [-0.3, -0.25) is 0 Å². The van der Waals surface area contributed by atoms with E-state index in [0.717, 1.165) is 0 Å². The molecule has 0 unspecified atom stereocenters. The standard InChI is InChI=1S/C6H14N2.C2H6/c1-7-5-3-4-6-8(7)2;1-2/h3-6H2,1-2H3;1-2H3. The van der Waals surface area contributed by atoms with Crippen LogP contribution in [-0.2, 0) is 0 Å². The molecule has 0 amide bonds. The Morgan fingerprint density at radius 3 is 1.30 bits per heavy atom. The lowest BCUT2D eigenvalue weighted by Gasteiger charge is -2.32. The van der Waals surface area contributed by atoms with E-state index in [2.05, 4.69) is 24.1 Å². The lowest BCUT2D eigenvalue weighted by molar-refractivity contribution is -0.00111. The summed E-state index contributed by atoms with van der Waals surface area (Å²) in [4.78, 5) is 0. The van der Waals surface area contributed by atoms with Crippen molar-refractivity contribution in [1.29, 1.82) is 0 Å². The smallest absolute Gasteiger partial charge is 0.0130 e. The Balaban J connectivity index is 0.000000371. The molecule has 0 N–H and O–H groups in total. The highest BCUT2D eigenvalue weighted by Crippen LogP contribution is 2.04. The van der Waals surface area contributed by atoms with Gasteiger partial charge in [0.1, 0.15) is 0 Å². The second kappa shape index (κ2) is 5.69. The van der Waals surface area contributed by atoms with Crippen LogP contribution in [0.2, 0.25) is 0 Å². The summed E-state index contributed by atoms with van der Waals surface area (Å²) in [7, 11) is 4.28. The quantitative estimate of drug-likeness (QED) is 0.509. The van der Waals surface area contributed by atoms with Gasteiger partial charge in [0.15, 0.2) is 0 Å². The molecule has 0 aromatic carbocycles. The summed E-state index contributed by atoms with van der Waals surface area (Å²) in [5.41, 5.74) is 0. The SMILES string of the molecule is CC.CN1CCCCN1C. The average molecular weight is 144 g/mol. The first kappa shape index (κ1) is 9.92. The topological polar surface area (TPSA) is 6.48 Å². The first-order valence-electron chi connectivity index (χ1n) is 4.23. The van der Waals surface area contributed by atoms with Gasteiger partial charge in [0, 0.05) is 27.2 Å². The Labute approximate surface area is 64.8 Å². The summed E-state index contributed by atoms with van der Waals surface area (Å²) in [5, 5.41) is 4.53. The molecule has 0 atom stereocenters. The second-order valence-electron chi connectivity index (χ2n) is 2.47. The van der Waals surface area contributed by atoms with Crippen molar-refractivity contribution in [2.75, 3.05) is 27.2 Å². The summed E-state index contributed by atoms with van der Waals surface area (Å²) in [5.74, 6) is 0. The first-order chi connectivity index (χ1) is 4.80. The number of hydrogen-bond donors (Lipinski definition) is 0. The molecule has 2 nitrogen and oxygen atoms in total. The van der Waals surface area contributed by atoms with Crippen LogP contribution in [0.5, 0.6) is 0 Å². The molecule has 0 saturated carbocycles. The molecule has 1 aliphatic heterocycles. The zero-order chi connectivity index (χ0) is 7.98. The van der Waals surface area contributed by atoms with E-state index in [-0.39, 0.29) is 0 Å². The van der Waals surface area contributed by atoms with Crippen molar-refractivity contribution in [3.05, 3.63) is 0 Å². The molecule has 10 heavy (non-hydrogen) atoms. The van der Waals surface area contributed by atoms with E-state index < -0.39 is 0 Å². The Kier molecular flexibility index (Phi) is 5.64. The van der Waals surface area contributed by atoms with Crippen LogP contribution in [0.4, 0.5) is 0 Å². The molecule has 1 rings (SSSR count). The first-order valence-corrected chi connectivity index (χ1v) is 4.23. The van der Waals surface area contributed by atoms with E-state index >= 15 is 0 Å². The molecule has 1 heterocycles. The number of rotatable bonds is 0.